The summed E-state index contributed by atoms with van der Waals surface area (Å²) in [5.74, 6) is -0.612. The second-order valence-corrected chi connectivity index (χ2v) is 4.76. The van der Waals surface area contributed by atoms with Crippen molar-refractivity contribution in [2.24, 2.45) is 0 Å². The lowest BCUT2D eigenvalue weighted by Gasteiger charge is -2.40. The van der Waals surface area contributed by atoms with Crippen LogP contribution in [0.3, 0.4) is 0 Å². The highest BCUT2D eigenvalue weighted by Crippen LogP contribution is 2.31. The van der Waals surface area contributed by atoms with Gasteiger partial charge in [-0.1, -0.05) is 0 Å². The summed E-state index contributed by atoms with van der Waals surface area (Å²) in [7, 11) is 0. The molecule has 5 nitrogen and oxygen atoms in total. The molecule has 0 saturated carbocycles. The molecule has 1 unspecified atom stereocenters. The van der Waals surface area contributed by atoms with E-state index in [0.29, 0.717) is 0 Å². The van der Waals surface area contributed by atoms with Crippen LogP contribution < -0.4 is 0 Å². The smallest absolute Gasteiger partial charge is 0.303 e. The molecule has 2 heterocycles. The summed E-state index contributed by atoms with van der Waals surface area (Å²) in [6.07, 6.45) is 2.29. The van der Waals surface area contributed by atoms with Gasteiger partial charge in [0.15, 0.2) is 6.10 Å². The van der Waals surface area contributed by atoms with Gasteiger partial charge in [-0.05, 0) is 19.4 Å². The van der Waals surface area contributed by atoms with Crippen molar-refractivity contribution < 1.29 is 19.1 Å². The first-order chi connectivity index (χ1) is 8.08. The van der Waals surface area contributed by atoms with E-state index in [1.54, 1.807) is 0 Å². The highest BCUT2D eigenvalue weighted by molar-refractivity contribution is 5.67. The number of ether oxygens (including phenoxy) is 2. The molecule has 17 heavy (non-hydrogen) atoms. The van der Waals surface area contributed by atoms with Gasteiger partial charge in [0.2, 0.25) is 0 Å². The molecule has 0 bridgehead atoms. The molecule has 0 aromatic rings. The van der Waals surface area contributed by atoms with E-state index in [1.807, 2.05) is 0 Å². The Morgan fingerprint density at radius 3 is 2.41 bits per heavy atom. The van der Waals surface area contributed by atoms with Crippen LogP contribution in [-0.4, -0.2) is 48.2 Å². The Bertz CT molecular complexity index is 318. The highest BCUT2D eigenvalue weighted by Gasteiger charge is 2.43. The van der Waals surface area contributed by atoms with Gasteiger partial charge in [-0.3, -0.25) is 14.5 Å². The van der Waals surface area contributed by atoms with Crippen molar-refractivity contribution >= 4 is 11.9 Å². The summed E-state index contributed by atoms with van der Waals surface area (Å²) >= 11 is 0. The van der Waals surface area contributed by atoms with E-state index in [4.69, 9.17) is 9.47 Å². The average molecular weight is 241 g/mol. The maximum Gasteiger partial charge on any atom is 0.303 e. The van der Waals surface area contributed by atoms with Gasteiger partial charge in [-0.25, -0.2) is 0 Å². The first-order valence-electron chi connectivity index (χ1n) is 6.16. The van der Waals surface area contributed by atoms with Gasteiger partial charge in [0.25, 0.3) is 0 Å². The van der Waals surface area contributed by atoms with Gasteiger partial charge in [-0.2, -0.15) is 0 Å². The van der Waals surface area contributed by atoms with Crippen molar-refractivity contribution in [2.45, 2.75) is 51.4 Å². The fourth-order valence-electron chi connectivity index (χ4n) is 2.89. The molecule has 0 N–H and O–H groups in total. The summed E-state index contributed by atoms with van der Waals surface area (Å²) in [6, 6.07) is 0.219. The monoisotopic (exact) mass is 241 g/mol. The van der Waals surface area contributed by atoms with E-state index in [2.05, 4.69) is 4.90 Å². The second-order valence-electron chi connectivity index (χ2n) is 4.76. The lowest BCUT2D eigenvalue weighted by Crippen LogP contribution is -2.54. The molecule has 0 spiro atoms. The maximum absolute atomic E-state index is 11.2. The Labute approximate surface area is 101 Å². The highest BCUT2D eigenvalue weighted by atomic mass is 16.6. The van der Waals surface area contributed by atoms with Crippen molar-refractivity contribution in [3.05, 3.63) is 0 Å². The molecule has 0 amide bonds. The van der Waals surface area contributed by atoms with Crippen LogP contribution in [0.25, 0.3) is 0 Å². The molecule has 2 fully saturated rings. The van der Waals surface area contributed by atoms with Crippen molar-refractivity contribution in [1.82, 2.24) is 4.90 Å². The standard InChI is InChI=1S/C12H19NO4/c1-8(14)16-11-5-7-13-6-3-4-10(13)12(11)17-9(2)15/h10-12H,3-7H2,1-2H3/t10?,11-,12+/m1/s1. The van der Waals surface area contributed by atoms with Crippen molar-refractivity contribution in [1.29, 1.82) is 0 Å². The third-order valence-corrected chi connectivity index (χ3v) is 3.48. The lowest BCUT2D eigenvalue weighted by molar-refractivity contribution is -0.176. The van der Waals surface area contributed by atoms with Crippen LogP contribution in [0.4, 0.5) is 0 Å². The van der Waals surface area contributed by atoms with Gasteiger partial charge in [0.05, 0.1) is 6.04 Å². The number of hydrogen-bond acceptors (Lipinski definition) is 5. The maximum atomic E-state index is 11.2. The number of piperidine rings is 1. The van der Waals surface area contributed by atoms with E-state index >= 15 is 0 Å². The number of fused-ring (bicyclic) bond motifs is 1. The Morgan fingerprint density at radius 1 is 1.06 bits per heavy atom. The van der Waals surface area contributed by atoms with Gasteiger partial charge >= 0.3 is 11.9 Å². The normalized spacial score (nSPS) is 32.9. The molecule has 96 valence electrons. The molecule has 3 atom stereocenters. The van der Waals surface area contributed by atoms with Gasteiger partial charge in [0.1, 0.15) is 6.10 Å². The van der Waals surface area contributed by atoms with Gasteiger partial charge in [0, 0.05) is 26.8 Å². The average Bonchev–Trinajstić information content (AvgIpc) is 2.68. The zero-order chi connectivity index (χ0) is 12.4. The molecule has 2 aliphatic rings. The van der Waals surface area contributed by atoms with Crippen molar-refractivity contribution in [3.8, 4) is 0 Å². The number of hydrogen-bond donors (Lipinski definition) is 0. The molecular weight excluding hydrogens is 222 g/mol. The number of carbonyl (C=O) groups excluding carboxylic acids is 2. The first-order valence-corrected chi connectivity index (χ1v) is 6.16. The Balaban J connectivity index is 2.09. The van der Waals surface area contributed by atoms with Crippen molar-refractivity contribution in [2.75, 3.05) is 13.1 Å². The second kappa shape index (κ2) is 5.04. The SMILES string of the molecule is CC(=O)O[C@@H]1CCN2CCCC2[C@@H]1OC(C)=O. The minimum absolute atomic E-state index is 0.219. The summed E-state index contributed by atoms with van der Waals surface area (Å²) in [5, 5.41) is 0. The molecule has 2 saturated heterocycles. The van der Waals surface area contributed by atoms with Crippen LogP contribution in [0, 0.1) is 0 Å². The molecule has 2 aliphatic heterocycles. The number of esters is 2. The zero-order valence-electron chi connectivity index (χ0n) is 10.3. The van der Waals surface area contributed by atoms with Crippen molar-refractivity contribution in [3.63, 3.8) is 0 Å². The Hall–Kier alpha value is -1.10. The predicted molar refractivity (Wildman–Crippen MR) is 60.3 cm³/mol. The minimum Gasteiger partial charge on any atom is -0.458 e. The van der Waals surface area contributed by atoms with Gasteiger partial charge < -0.3 is 9.47 Å². The molecular formula is C12H19NO4. The van der Waals surface area contributed by atoms with Crippen LogP contribution in [-0.2, 0) is 19.1 Å². The largest absolute Gasteiger partial charge is 0.458 e. The zero-order valence-corrected chi connectivity index (χ0v) is 10.3. The van der Waals surface area contributed by atoms with Crippen LogP contribution in [0.1, 0.15) is 33.1 Å². The van der Waals surface area contributed by atoms with E-state index in [0.717, 1.165) is 32.4 Å². The molecule has 0 aromatic heterocycles. The summed E-state index contributed by atoms with van der Waals surface area (Å²) in [4.78, 5) is 24.5. The molecule has 2 rings (SSSR count). The quantitative estimate of drug-likeness (QED) is 0.667. The summed E-state index contributed by atoms with van der Waals surface area (Å²) in [6.45, 7) is 4.76. The van der Waals surface area contributed by atoms with Crippen LogP contribution in [0.15, 0.2) is 0 Å². The Morgan fingerprint density at radius 2 is 1.76 bits per heavy atom. The topological polar surface area (TPSA) is 55.8 Å². The third kappa shape index (κ3) is 2.77. The van der Waals surface area contributed by atoms with Crippen LogP contribution in [0.5, 0.6) is 0 Å². The van der Waals surface area contributed by atoms with E-state index < -0.39 is 0 Å². The summed E-state index contributed by atoms with van der Waals surface area (Å²) in [5.41, 5.74) is 0. The predicted octanol–water partition coefficient (Wildman–Crippen LogP) is 0.718. The van der Waals surface area contributed by atoms with E-state index in [9.17, 15) is 9.59 Å². The number of nitrogens with zero attached hydrogens (tertiary/aromatic N) is 1. The summed E-state index contributed by atoms with van der Waals surface area (Å²) < 4.78 is 10.6. The fourth-order valence-corrected chi connectivity index (χ4v) is 2.89. The van der Waals surface area contributed by atoms with Crippen LogP contribution >= 0.6 is 0 Å². The minimum atomic E-state index is -0.307. The Kier molecular flexibility index (Phi) is 3.66. The number of rotatable bonds is 2. The number of carbonyl (C=O) groups is 2. The first kappa shape index (κ1) is 12.4. The molecule has 5 heteroatoms. The van der Waals surface area contributed by atoms with Crippen LogP contribution in [0.2, 0.25) is 0 Å². The lowest BCUT2D eigenvalue weighted by atomic mass is 9.96. The third-order valence-electron chi connectivity index (χ3n) is 3.48. The molecule has 0 aliphatic carbocycles. The van der Waals surface area contributed by atoms with E-state index in [1.165, 1.54) is 13.8 Å². The molecule has 0 aromatic carbocycles. The van der Waals surface area contributed by atoms with E-state index in [-0.39, 0.29) is 30.2 Å². The fraction of sp³-hybridized carbons (Fsp3) is 0.833. The molecule has 0 radical (unpaired) electrons. The van der Waals surface area contributed by atoms with Gasteiger partial charge in [-0.15, -0.1) is 0 Å².